The quantitative estimate of drug-likeness (QED) is 0.828. The Kier molecular flexibility index (Phi) is 6.01. The van der Waals surface area contributed by atoms with Crippen LogP contribution in [0.25, 0.3) is 0 Å². The van der Waals surface area contributed by atoms with Crippen molar-refractivity contribution in [2.24, 2.45) is 0 Å². The summed E-state index contributed by atoms with van der Waals surface area (Å²) >= 11 is 0. The molecule has 4 nitrogen and oxygen atoms in total. The van der Waals surface area contributed by atoms with Crippen LogP contribution in [0.3, 0.4) is 0 Å². The lowest BCUT2D eigenvalue weighted by atomic mass is 10.2. The summed E-state index contributed by atoms with van der Waals surface area (Å²) in [5.74, 6) is 0.235. The van der Waals surface area contributed by atoms with Crippen LogP contribution in [0, 0.1) is 0 Å². The van der Waals surface area contributed by atoms with Gasteiger partial charge in [0.25, 0.3) is 5.91 Å². The molecule has 0 aliphatic carbocycles. The van der Waals surface area contributed by atoms with E-state index < -0.39 is 17.6 Å². The van der Waals surface area contributed by atoms with E-state index in [-0.39, 0.29) is 11.3 Å². The zero-order valence-electron chi connectivity index (χ0n) is 14.1. The van der Waals surface area contributed by atoms with E-state index in [4.69, 9.17) is 0 Å². The number of benzene rings is 1. The molecule has 1 aromatic heterocycles. The molecular formula is C18H20F3N3O. The van der Waals surface area contributed by atoms with Gasteiger partial charge in [-0.05, 0) is 36.8 Å². The third-order valence-electron chi connectivity index (χ3n) is 3.70. The molecule has 0 saturated heterocycles. The van der Waals surface area contributed by atoms with Crippen molar-refractivity contribution in [3.8, 4) is 0 Å². The molecule has 2 rings (SSSR count). The highest BCUT2D eigenvalue weighted by atomic mass is 19.4. The molecule has 0 radical (unpaired) electrons. The average Bonchev–Trinajstić information content (AvgIpc) is 2.59. The number of nitrogens with zero attached hydrogens (tertiary/aromatic N) is 2. The summed E-state index contributed by atoms with van der Waals surface area (Å²) in [6.45, 7) is 2.96. The van der Waals surface area contributed by atoms with Gasteiger partial charge in [-0.15, -0.1) is 0 Å². The smallest absolute Gasteiger partial charge is 0.360 e. The molecule has 25 heavy (non-hydrogen) atoms. The second kappa shape index (κ2) is 8.00. The van der Waals surface area contributed by atoms with Gasteiger partial charge in [0.2, 0.25) is 0 Å². The number of carbonyl (C=O) groups excluding carboxylic acids is 1. The van der Waals surface area contributed by atoms with Gasteiger partial charge in [0.15, 0.2) is 0 Å². The van der Waals surface area contributed by atoms with Gasteiger partial charge in [-0.3, -0.25) is 4.79 Å². The molecular weight excluding hydrogens is 331 g/mol. The van der Waals surface area contributed by atoms with Gasteiger partial charge in [0.1, 0.15) is 5.82 Å². The summed E-state index contributed by atoms with van der Waals surface area (Å²) in [6.07, 6.45) is -0.925. The fourth-order valence-corrected chi connectivity index (χ4v) is 2.23. The number of nitrogens with one attached hydrogen (secondary N) is 1. The summed E-state index contributed by atoms with van der Waals surface area (Å²) in [4.78, 5) is 18.4. The van der Waals surface area contributed by atoms with E-state index in [1.54, 1.807) is 12.1 Å². The van der Waals surface area contributed by atoms with E-state index in [1.165, 1.54) is 18.3 Å². The molecule has 0 unspecified atom stereocenters. The van der Waals surface area contributed by atoms with Gasteiger partial charge < -0.3 is 10.2 Å². The minimum Gasteiger partial charge on any atom is -0.360 e. The number of unbranched alkanes of at least 4 members (excludes halogenated alkanes) is 1. The van der Waals surface area contributed by atoms with Crippen molar-refractivity contribution in [1.29, 1.82) is 0 Å². The third kappa shape index (κ3) is 5.20. The number of carbonyl (C=O) groups is 1. The van der Waals surface area contributed by atoms with Crippen molar-refractivity contribution in [3.63, 3.8) is 0 Å². The molecule has 2 aromatic rings. The standard InChI is InChI=1S/C18H20F3N3O/c1-3-4-10-24(2)16-9-8-13(12-22-16)17(25)23-15-7-5-6-14(11-15)18(19,20)21/h5-9,11-12H,3-4,10H2,1-2H3,(H,23,25). The molecule has 0 aliphatic heterocycles. The summed E-state index contributed by atoms with van der Waals surface area (Å²) in [7, 11) is 1.92. The van der Waals surface area contributed by atoms with Gasteiger partial charge in [-0.25, -0.2) is 4.98 Å². The monoisotopic (exact) mass is 351 g/mol. The van der Waals surface area contributed by atoms with Gasteiger partial charge in [-0.1, -0.05) is 19.4 Å². The van der Waals surface area contributed by atoms with Crippen LogP contribution < -0.4 is 10.2 Å². The van der Waals surface area contributed by atoms with E-state index in [2.05, 4.69) is 17.2 Å². The lowest BCUT2D eigenvalue weighted by Gasteiger charge is -2.17. The molecule has 134 valence electrons. The number of hydrogen-bond acceptors (Lipinski definition) is 3. The minimum absolute atomic E-state index is 0.0870. The van der Waals surface area contributed by atoms with Crippen LogP contribution in [0.15, 0.2) is 42.6 Å². The Labute approximate surface area is 144 Å². The third-order valence-corrected chi connectivity index (χ3v) is 3.70. The first-order valence-corrected chi connectivity index (χ1v) is 7.97. The number of amides is 1. The Balaban J connectivity index is 2.06. The Morgan fingerprint density at radius 1 is 1.24 bits per heavy atom. The second-order valence-corrected chi connectivity index (χ2v) is 5.71. The summed E-state index contributed by atoms with van der Waals surface area (Å²) in [5, 5.41) is 2.46. The van der Waals surface area contributed by atoms with Crippen LogP contribution in [0.2, 0.25) is 0 Å². The number of halogens is 3. The number of alkyl halides is 3. The molecule has 0 bridgehead atoms. The lowest BCUT2D eigenvalue weighted by molar-refractivity contribution is -0.137. The highest BCUT2D eigenvalue weighted by Gasteiger charge is 2.30. The number of pyridine rings is 1. The van der Waals surface area contributed by atoms with Crippen molar-refractivity contribution < 1.29 is 18.0 Å². The molecule has 1 amide bonds. The van der Waals surface area contributed by atoms with Gasteiger partial charge in [0.05, 0.1) is 11.1 Å². The molecule has 0 atom stereocenters. The molecule has 1 heterocycles. The van der Waals surface area contributed by atoms with Crippen molar-refractivity contribution in [3.05, 3.63) is 53.7 Å². The molecule has 0 spiro atoms. The minimum atomic E-state index is -4.45. The Morgan fingerprint density at radius 2 is 2.00 bits per heavy atom. The van der Waals surface area contributed by atoms with E-state index in [9.17, 15) is 18.0 Å². The van der Waals surface area contributed by atoms with Crippen LogP contribution in [0.4, 0.5) is 24.7 Å². The maximum Gasteiger partial charge on any atom is 0.416 e. The second-order valence-electron chi connectivity index (χ2n) is 5.71. The Morgan fingerprint density at radius 3 is 2.60 bits per heavy atom. The Hall–Kier alpha value is -2.57. The van der Waals surface area contributed by atoms with E-state index in [0.29, 0.717) is 0 Å². The SMILES string of the molecule is CCCCN(C)c1ccc(C(=O)Nc2cccc(C(F)(F)F)c2)cn1. The van der Waals surface area contributed by atoms with Gasteiger partial charge in [0, 0.05) is 25.5 Å². The van der Waals surface area contributed by atoms with Crippen LogP contribution in [0.5, 0.6) is 0 Å². The molecule has 0 fully saturated rings. The fraction of sp³-hybridized carbons (Fsp3) is 0.333. The number of rotatable bonds is 6. The maximum absolute atomic E-state index is 12.7. The fourth-order valence-electron chi connectivity index (χ4n) is 2.23. The van der Waals surface area contributed by atoms with Gasteiger partial charge in [-0.2, -0.15) is 13.2 Å². The highest BCUT2D eigenvalue weighted by molar-refractivity contribution is 6.04. The van der Waals surface area contributed by atoms with Crippen molar-refractivity contribution in [2.75, 3.05) is 23.8 Å². The predicted octanol–water partition coefficient (Wildman–Crippen LogP) is 4.59. The predicted molar refractivity (Wildman–Crippen MR) is 91.8 cm³/mol. The maximum atomic E-state index is 12.7. The highest BCUT2D eigenvalue weighted by Crippen LogP contribution is 2.30. The summed E-state index contributed by atoms with van der Waals surface area (Å²) in [6, 6.07) is 7.84. The number of anilines is 2. The number of aromatic nitrogens is 1. The zero-order chi connectivity index (χ0) is 18.4. The van der Waals surface area contributed by atoms with Crippen molar-refractivity contribution in [1.82, 2.24) is 4.98 Å². The van der Waals surface area contributed by atoms with Crippen molar-refractivity contribution >= 4 is 17.4 Å². The average molecular weight is 351 g/mol. The number of hydrogen-bond donors (Lipinski definition) is 1. The van der Waals surface area contributed by atoms with E-state index in [1.807, 2.05) is 11.9 Å². The zero-order valence-corrected chi connectivity index (χ0v) is 14.1. The first-order chi connectivity index (χ1) is 11.8. The van der Waals surface area contributed by atoms with Crippen LogP contribution >= 0.6 is 0 Å². The first kappa shape index (κ1) is 18.8. The van der Waals surface area contributed by atoms with E-state index >= 15 is 0 Å². The normalized spacial score (nSPS) is 11.2. The van der Waals surface area contributed by atoms with Crippen LogP contribution in [0.1, 0.15) is 35.7 Å². The largest absolute Gasteiger partial charge is 0.416 e. The summed E-state index contributed by atoms with van der Waals surface area (Å²) in [5.41, 5.74) is -0.439. The topological polar surface area (TPSA) is 45.2 Å². The molecule has 0 aliphatic rings. The Bertz CT molecular complexity index is 714. The van der Waals surface area contributed by atoms with Crippen LogP contribution in [-0.2, 0) is 6.18 Å². The van der Waals surface area contributed by atoms with Crippen LogP contribution in [-0.4, -0.2) is 24.5 Å². The molecule has 1 aromatic carbocycles. The lowest BCUT2D eigenvalue weighted by Crippen LogP contribution is -2.20. The van der Waals surface area contributed by atoms with E-state index in [0.717, 1.165) is 37.3 Å². The molecule has 0 saturated carbocycles. The van der Waals surface area contributed by atoms with Gasteiger partial charge >= 0.3 is 6.18 Å². The molecule has 7 heteroatoms. The first-order valence-electron chi connectivity index (χ1n) is 7.97. The summed E-state index contributed by atoms with van der Waals surface area (Å²) < 4.78 is 38.1. The van der Waals surface area contributed by atoms with Crippen molar-refractivity contribution in [2.45, 2.75) is 25.9 Å². The molecule has 1 N–H and O–H groups in total.